The molecule has 1 aromatic carbocycles. The van der Waals surface area contributed by atoms with E-state index < -0.39 is 0 Å². The first-order valence-corrected chi connectivity index (χ1v) is 7.09. The third-order valence-electron chi connectivity index (χ3n) is 3.20. The number of halogens is 1. The van der Waals surface area contributed by atoms with E-state index in [-0.39, 0.29) is 12.0 Å². The van der Waals surface area contributed by atoms with Crippen molar-refractivity contribution >= 4 is 27.6 Å². The van der Waals surface area contributed by atoms with Crippen LogP contribution in [0.2, 0.25) is 0 Å². The average Bonchev–Trinajstić information content (AvgIpc) is 2.88. The zero-order chi connectivity index (χ0) is 13.8. The second-order valence-corrected chi connectivity index (χ2v) is 5.24. The van der Waals surface area contributed by atoms with Crippen molar-refractivity contribution in [3.63, 3.8) is 0 Å². The summed E-state index contributed by atoms with van der Waals surface area (Å²) in [6.07, 6.45) is 1.78. The fourth-order valence-corrected chi connectivity index (χ4v) is 2.95. The van der Waals surface area contributed by atoms with Gasteiger partial charge in [-0.2, -0.15) is 5.26 Å². The highest BCUT2D eigenvalue weighted by Crippen LogP contribution is 2.33. The highest BCUT2D eigenvalue weighted by atomic mass is 79.9. The first-order valence-electron chi connectivity index (χ1n) is 6.30. The maximum atomic E-state index is 11.9. The summed E-state index contributed by atoms with van der Waals surface area (Å²) in [4.78, 5) is 14.0. The van der Waals surface area contributed by atoms with Crippen molar-refractivity contribution in [2.24, 2.45) is 0 Å². The largest absolute Gasteiger partial charge is 0.464 e. The molecule has 0 aliphatic carbocycles. The van der Waals surface area contributed by atoms with Gasteiger partial charge in [0.05, 0.1) is 23.9 Å². The lowest BCUT2D eigenvalue weighted by Gasteiger charge is -2.26. The van der Waals surface area contributed by atoms with Crippen LogP contribution in [0, 0.1) is 11.3 Å². The molecule has 4 nitrogen and oxygen atoms in total. The third-order valence-corrected chi connectivity index (χ3v) is 3.83. The first kappa shape index (κ1) is 13.9. The second kappa shape index (κ2) is 6.07. The van der Waals surface area contributed by atoms with E-state index in [1.165, 1.54) is 0 Å². The molecule has 0 N–H and O–H groups in total. The van der Waals surface area contributed by atoms with E-state index in [0.29, 0.717) is 12.2 Å². The number of hydrogen-bond acceptors (Lipinski definition) is 4. The molecule has 19 heavy (non-hydrogen) atoms. The number of rotatable bonds is 3. The Morgan fingerprint density at radius 2 is 2.42 bits per heavy atom. The standard InChI is InChI=1S/C14H15BrN2O2/c1-2-19-14(18)13-4-3-7-17(13)12-6-5-10(9-16)8-11(12)15/h5-6,8,13H,2-4,7H2,1H3. The van der Waals surface area contributed by atoms with E-state index in [9.17, 15) is 4.79 Å². The van der Waals surface area contributed by atoms with Crippen LogP contribution < -0.4 is 4.90 Å². The van der Waals surface area contributed by atoms with Gasteiger partial charge in [0.15, 0.2) is 0 Å². The van der Waals surface area contributed by atoms with Gasteiger partial charge in [-0.1, -0.05) is 0 Å². The molecule has 1 aliphatic rings. The molecule has 1 atom stereocenters. The molecule has 5 heteroatoms. The number of hydrogen-bond donors (Lipinski definition) is 0. The highest BCUT2D eigenvalue weighted by molar-refractivity contribution is 9.10. The number of nitrogens with zero attached hydrogens (tertiary/aromatic N) is 2. The number of nitriles is 1. The highest BCUT2D eigenvalue weighted by Gasteiger charge is 2.32. The molecule has 0 spiro atoms. The molecule has 1 aromatic rings. The molecule has 2 rings (SSSR count). The van der Waals surface area contributed by atoms with E-state index in [4.69, 9.17) is 10.00 Å². The summed E-state index contributed by atoms with van der Waals surface area (Å²) in [6, 6.07) is 7.29. The van der Waals surface area contributed by atoms with Crippen LogP contribution in [0.15, 0.2) is 22.7 Å². The summed E-state index contributed by atoms with van der Waals surface area (Å²) in [5.74, 6) is -0.170. The summed E-state index contributed by atoms with van der Waals surface area (Å²) in [6.45, 7) is 3.04. The summed E-state index contributed by atoms with van der Waals surface area (Å²) in [5.41, 5.74) is 1.54. The minimum absolute atomic E-state index is 0.170. The van der Waals surface area contributed by atoms with E-state index in [1.54, 1.807) is 12.1 Å². The normalized spacial score (nSPS) is 18.2. The lowest BCUT2D eigenvalue weighted by molar-refractivity contribution is -0.144. The molecule has 0 aromatic heterocycles. The lowest BCUT2D eigenvalue weighted by Crippen LogP contribution is -2.37. The predicted molar refractivity (Wildman–Crippen MR) is 75.9 cm³/mol. The zero-order valence-electron chi connectivity index (χ0n) is 10.7. The van der Waals surface area contributed by atoms with Gasteiger partial charge in [0.2, 0.25) is 0 Å². The van der Waals surface area contributed by atoms with Crippen LogP contribution >= 0.6 is 15.9 Å². The van der Waals surface area contributed by atoms with Crippen molar-refractivity contribution in [1.29, 1.82) is 5.26 Å². The fraction of sp³-hybridized carbons (Fsp3) is 0.429. The lowest BCUT2D eigenvalue weighted by atomic mass is 10.2. The third kappa shape index (κ3) is 2.90. The Morgan fingerprint density at radius 1 is 1.63 bits per heavy atom. The van der Waals surface area contributed by atoms with Gasteiger partial charge in [0.25, 0.3) is 0 Å². The van der Waals surface area contributed by atoms with Gasteiger partial charge in [-0.25, -0.2) is 4.79 Å². The van der Waals surface area contributed by atoms with Crippen LogP contribution in [-0.2, 0) is 9.53 Å². The maximum Gasteiger partial charge on any atom is 0.328 e. The van der Waals surface area contributed by atoms with Crippen molar-refractivity contribution in [2.75, 3.05) is 18.1 Å². The van der Waals surface area contributed by atoms with Crippen LogP contribution in [-0.4, -0.2) is 25.2 Å². The molecule has 1 fully saturated rings. The molecule has 0 bridgehead atoms. The van der Waals surface area contributed by atoms with Gasteiger partial charge in [-0.05, 0) is 53.9 Å². The molecule has 0 amide bonds. The Morgan fingerprint density at radius 3 is 3.05 bits per heavy atom. The van der Waals surface area contributed by atoms with Gasteiger partial charge < -0.3 is 9.64 Å². The SMILES string of the molecule is CCOC(=O)C1CCCN1c1ccc(C#N)cc1Br. The summed E-state index contributed by atoms with van der Waals surface area (Å²) < 4.78 is 5.95. The molecule has 0 saturated carbocycles. The van der Waals surface area contributed by atoms with Crippen molar-refractivity contribution in [1.82, 2.24) is 0 Å². The topological polar surface area (TPSA) is 53.3 Å². The minimum atomic E-state index is -0.218. The first-order chi connectivity index (χ1) is 9.17. The van der Waals surface area contributed by atoms with E-state index in [2.05, 4.69) is 22.0 Å². The molecule has 1 heterocycles. The minimum Gasteiger partial charge on any atom is -0.464 e. The smallest absolute Gasteiger partial charge is 0.328 e. The molecule has 1 saturated heterocycles. The Hall–Kier alpha value is -1.54. The summed E-state index contributed by atoms with van der Waals surface area (Å²) >= 11 is 3.47. The van der Waals surface area contributed by atoms with Crippen LogP contribution in [0.5, 0.6) is 0 Å². The number of carbonyl (C=O) groups excluding carboxylic acids is 1. The van der Waals surface area contributed by atoms with E-state index in [1.807, 2.05) is 17.9 Å². The van der Waals surface area contributed by atoms with E-state index in [0.717, 1.165) is 29.5 Å². The zero-order valence-corrected chi connectivity index (χ0v) is 12.3. The second-order valence-electron chi connectivity index (χ2n) is 4.38. The molecule has 1 unspecified atom stereocenters. The number of esters is 1. The number of carbonyl (C=O) groups is 1. The van der Waals surface area contributed by atoms with Gasteiger partial charge in [-0.15, -0.1) is 0 Å². The van der Waals surface area contributed by atoms with Gasteiger partial charge in [0, 0.05) is 11.0 Å². The average molecular weight is 323 g/mol. The molecular weight excluding hydrogens is 308 g/mol. The van der Waals surface area contributed by atoms with E-state index >= 15 is 0 Å². The molecule has 1 aliphatic heterocycles. The molecular formula is C14H15BrN2O2. The Kier molecular flexibility index (Phi) is 4.43. The summed E-state index contributed by atoms with van der Waals surface area (Å²) in [7, 11) is 0. The monoisotopic (exact) mass is 322 g/mol. The van der Waals surface area contributed by atoms with Gasteiger partial charge in [-0.3, -0.25) is 0 Å². The Balaban J connectivity index is 2.25. The van der Waals surface area contributed by atoms with Crippen LogP contribution in [0.1, 0.15) is 25.3 Å². The number of anilines is 1. The van der Waals surface area contributed by atoms with Gasteiger partial charge >= 0.3 is 5.97 Å². The van der Waals surface area contributed by atoms with Crippen LogP contribution in [0.25, 0.3) is 0 Å². The summed E-state index contributed by atoms with van der Waals surface area (Å²) in [5, 5.41) is 8.87. The number of benzene rings is 1. The maximum absolute atomic E-state index is 11.9. The van der Waals surface area contributed by atoms with Crippen molar-refractivity contribution in [3.05, 3.63) is 28.2 Å². The van der Waals surface area contributed by atoms with Crippen molar-refractivity contribution in [3.8, 4) is 6.07 Å². The Bertz CT molecular complexity index is 525. The van der Waals surface area contributed by atoms with Crippen molar-refractivity contribution in [2.45, 2.75) is 25.8 Å². The van der Waals surface area contributed by atoms with Gasteiger partial charge in [0.1, 0.15) is 6.04 Å². The van der Waals surface area contributed by atoms with Crippen LogP contribution in [0.3, 0.4) is 0 Å². The quantitative estimate of drug-likeness (QED) is 0.803. The Labute approximate surface area is 121 Å². The molecule has 100 valence electrons. The number of ether oxygens (including phenoxy) is 1. The predicted octanol–water partition coefficient (Wildman–Crippen LogP) is 2.85. The molecule has 0 radical (unpaired) electrons. The van der Waals surface area contributed by atoms with Crippen LogP contribution in [0.4, 0.5) is 5.69 Å². The van der Waals surface area contributed by atoms with Crippen molar-refractivity contribution < 1.29 is 9.53 Å². The fourth-order valence-electron chi connectivity index (χ4n) is 2.35.